The Balaban J connectivity index is 2.37. The molecular formula is C16H18N2O4S. The number of nitrogens with two attached hydrogens (primary N) is 1. The molecule has 23 heavy (non-hydrogen) atoms. The lowest BCUT2D eigenvalue weighted by molar-refractivity contribution is 0.102. The van der Waals surface area contributed by atoms with Crippen molar-refractivity contribution in [3.05, 3.63) is 53.1 Å². The standard InChI is InChI=1S/C16H18N2O4S/c1-10-4-5-11(2)13(8-10)16(19)18-12-6-7-14(22-3)15(9-12)23(17,20)21/h4-9H,1-3H3,(H,18,19)(H2,17,20,21). The summed E-state index contributed by atoms with van der Waals surface area (Å²) in [6.45, 7) is 3.72. The Kier molecular flexibility index (Phi) is 4.72. The average Bonchev–Trinajstić information content (AvgIpc) is 2.48. The molecule has 0 aliphatic carbocycles. The van der Waals surface area contributed by atoms with Crippen LogP contribution in [0.15, 0.2) is 41.3 Å². The molecule has 0 radical (unpaired) electrons. The minimum atomic E-state index is -3.96. The number of amides is 1. The SMILES string of the molecule is COc1ccc(NC(=O)c2cc(C)ccc2C)cc1S(N)(=O)=O. The Morgan fingerprint density at radius 3 is 2.43 bits per heavy atom. The van der Waals surface area contributed by atoms with Crippen LogP contribution in [0.1, 0.15) is 21.5 Å². The van der Waals surface area contributed by atoms with Gasteiger partial charge in [0.05, 0.1) is 7.11 Å². The van der Waals surface area contributed by atoms with Gasteiger partial charge in [0.25, 0.3) is 5.91 Å². The van der Waals surface area contributed by atoms with Crippen molar-refractivity contribution >= 4 is 21.6 Å². The summed E-state index contributed by atoms with van der Waals surface area (Å²) in [5, 5.41) is 7.84. The first-order chi connectivity index (χ1) is 10.7. The van der Waals surface area contributed by atoms with E-state index in [0.717, 1.165) is 11.1 Å². The topological polar surface area (TPSA) is 98.5 Å². The fourth-order valence-electron chi connectivity index (χ4n) is 2.16. The molecule has 0 heterocycles. The molecular weight excluding hydrogens is 316 g/mol. The monoisotopic (exact) mass is 334 g/mol. The van der Waals surface area contributed by atoms with Gasteiger partial charge in [-0.15, -0.1) is 0 Å². The van der Waals surface area contributed by atoms with E-state index in [1.54, 1.807) is 12.1 Å². The van der Waals surface area contributed by atoms with Crippen molar-refractivity contribution in [2.45, 2.75) is 18.7 Å². The number of primary sulfonamides is 1. The van der Waals surface area contributed by atoms with Gasteiger partial charge in [-0.2, -0.15) is 0 Å². The predicted octanol–water partition coefficient (Wildman–Crippen LogP) is 2.21. The number of rotatable bonds is 4. The lowest BCUT2D eigenvalue weighted by Crippen LogP contribution is -2.16. The molecule has 0 bridgehead atoms. The Morgan fingerprint density at radius 2 is 1.83 bits per heavy atom. The van der Waals surface area contributed by atoms with Crippen molar-refractivity contribution in [2.75, 3.05) is 12.4 Å². The lowest BCUT2D eigenvalue weighted by atomic mass is 10.1. The molecule has 3 N–H and O–H groups in total. The number of benzene rings is 2. The molecule has 0 saturated carbocycles. The van der Waals surface area contributed by atoms with E-state index in [9.17, 15) is 13.2 Å². The molecule has 0 aromatic heterocycles. The zero-order chi connectivity index (χ0) is 17.2. The normalized spacial score (nSPS) is 11.1. The minimum Gasteiger partial charge on any atom is -0.495 e. The molecule has 0 fully saturated rings. The number of anilines is 1. The number of nitrogens with one attached hydrogen (secondary N) is 1. The summed E-state index contributed by atoms with van der Waals surface area (Å²) < 4.78 is 28.2. The summed E-state index contributed by atoms with van der Waals surface area (Å²) in [7, 11) is -2.61. The summed E-state index contributed by atoms with van der Waals surface area (Å²) >= 11 is 0. The Bertz CT molecular complexity index is 860. The van der Waals surface area contributed by atoms with E-state index in [2.05, 4.69) is 5.32 Å². The third kappa shape index (κ3) is 3.88. The third-order valence-electron chi connectivity index (χ3n) is 3.37. The number of carbonyl (C=O) groups excluding carboxylic acids is 1. The van der Waals surface area contributed by atoms with E-state index in [0.29, 0.717) is 11.3 Å². The van der Waals surface area contributed by atoms with Crippen LogP contribution < -0.4 is 15.2 Å². The maximum absolute atomic E-state index is 12.4. The van der Waals surface area contributed by atoms with E-state index in [1.807, 2.05) is 26.0 Å². The van der Waals surface area contributed by atoms with E-state index in [1.165, 1.54) is 19.2 Å². The quantitative estimate of drug-likeness (QED) is 0.895. The second-order valence-corrected chi connectivity index (χ2v) is 6.71. The summed E-state index contributed by atoms with van der Waals surface area (Å²) in [6, 6.07) is 9.81. The number of hydrogen-bond donors (Lipinski definition) is 2. The van der Waals surface area contributed by atoms with Gasteiger partial charge in [-0.05, 0) is 43.7 Å². The first-order valence-corrected chi connectivity index (χ1v) is 8.36. The van der Waals surface area contributed by atoms with Gasteiger partial charge >= 0.3 is 0 Å². The second-order valence-electron chi connectivity index (χ2n) is 5.18. The molecule has 2 aromatic carbocycles. The highest BCUT2D eigenvalue weighted by Crippen LogP contribution is 2.26. The predicted molar refractivity (Wildman–Crippen MR) is 88.2 cm³/mol. The molecule has 0 aliphatic heterocycles. The van der Waals surface area contributed by atoms with Crippen LogP contribution in [0, 0.1) is 13.8 Å². The van der Waals surface area contributed by atoms with Crippen LogP contribution in [-0.2, 0) is 10.0 Å². The van der Waals surface area contributed by atoms with Crippen LogP contribution in [0.5, 0.6) is 5.75 Å². The summed E-state index contributed by atoms with van der Waals surface area (Å²) in [5.74, 6) is -0.200. The first-order valence-electron chi connectivity index (χ1n) is 6.82. The van der Waals surface area contributed by atoms with E-state index < -0.39 is 10.0 Å². The van der Waals surface area contributed by atoms with Crippen LogP contribution >= 0.6 is 0 Å². The van der Waals surface area contributed by atoms with Gasteiger partial charge in [0, 0.05) is 11.3 Å². The van der Waals surface area contributed by atoms with Crippen molar-refractivity contribution in [2.24, 2.45) is 5.14 Å². The number of hydrogen-bond acceptors (Lipinski definition) is 4. The molecule has 7 heteroatoms. The Morgan fingerprint density at radius 1 is 1.13 bits per heavy atom. The molecule has 1 amide bonds. The number of carbonyl (C=O) groups is 1. The highest BCUT2D eigenvalue weighted by atomic mass is 32.2. The summed E-state index contributed by atoms with van der Waals surface area (Å²) in [4.78, 5) is 12.2. The molecule has 0 aliphatic rings. The van der Waals surface area contributed by atoms with Gasteiger partial charge in [0.15, 0.2) is 0 Å². The van der Waals surface area contributed by atoms with Gasteiger partial charge < -0.3 is 10.1 Å². The summed E-state index contributed by atoms with van der Waals surface area (Å²) in [6.07, 6.45) is 0. The van der Waals surface area contributed by atoms with Crippen LogP contribution in [0.2, 0.25) is 0 Å². The molecule has 122 valence electrons. The van der Waals surface area contributed by atoms with Gasteiger partial charge in [0.2, 0.25) is 10.0 Å². The van der Waals surface area contributed by atoms with Gasteiger partial charge in [-0.25, -0.2) is 13.6 Å². The van der Waals surface area contributed by atoms with Crippen LogP contribution in [0.4, 0.5) is 5.69 Å². The molecule has 0 saturated heterocycles. The zero-order valence-electron chi connectivity index (χ0n) is 13.1. The number of aryl methyl sites for hydroxylation is 2. The van der Waals surface area contributed by atoms with Crippen LogP contribution in [0.3, 0.4) is 0 Å². The second kappa shape index (κ2) is 6.39. The molecule has 2 aromatic rings. The van der Waals surface area contributed by atoms with Gasteiger partial charge in [-0.3, -0.25) is 4.79 Å². The number of sulfonamides is 1. The Labute approximate surface area is 135 Å². The molecule has 6 nitrogen and oxygen atoms in total. The van der Waals surface area contributed by atoms with E-state index >= 15 is 0 Å². The fourth-order valence-corrected chi connectivity index (χ4v) is 2.88. The Hall–Kier alpha value is -2.38. The smallest absolute Gasteiger partial charge is 0.255 e. The fraction of sp³-hybridized carbons (Fsp3) is 0.188. The zero-order valence-corrected chi connectivity index (χ0v) is 13.9. The van der Waals surface area contributed by atoms with Crippen molar-refractivity contribution in [1.82, 2.24) is 0 Å². The maximum Gasteiger partial charge on any atom is 0.255 e. The van der Waals surface area contributed by atoms with Crippen LogP contribution in [0.25, 0.3) is 0 Å². The highest BCUT2D eigenvalue weighted by Gasteiger charge is 2.17. The lowest BCUT2D eigenvalue weighted by Gasteiger charge is -2.11. The van der Waals surface area contributed by atoms with Crippen molar-refractivity contribution < 1.29 is 17.9 Å². The number of methoxy groups -OCH3 is 1. The molecule has 0 unspecified atom stereocenters. The molecule has 0 atom stereocenters. The van der Waals surface area contributed by atoms with Crippen molar-refractivity contribution in [3.63, 3.8) is 0 Å². The largest absolute Gasteiger partial charge is 0.495 e. The van der Waals surface area contributed by atoms with Crippen LogP contribution in [-0.4, -0.2) is 21.4 Å². The van der Waals surface area contributed by atoms with Gasteiger partial charge in [0.1, 0.15) is 10.6 Å². The molecule has 2 rings (SSSR count). The minimum absolute atomic E-state index is 0.122. The van der Waals surface area contributed by atoms with Crippen molar-refractivity contribution in [1.29, 1.82) is 0 Å². The van der Waals surface area contributed by atoms with E-state index in [4.69, 9.17) is 9.88 Å². The highest BCUT2D eigenvalue weighted by molar-refractivity contribution is 7.89. The maximum atomic E-state index is 12.4. The van der Waals surface area contributed by atoms with E-state index in [-0.39, 0.29) is 16.6 Å². The molecule has 0 spiro atoms. The van der Waals surface area contributed by atoms with Gasteiger partial charge in [-0.1, -0.05) is 17.7 Å². The third-order valence-corrected chi connectivity index (χ3v) is 4.30. The summed E-state index contributed by atoms with van der Waals surface area (Å²) in [5.41, 5.74) is 2.63. The van der Waals surface area contributed by atoms with Crippen molar-refractivity contribution in [3.8, 4) is 5.75 Å². The first kappa shape index (κ1) is 17.0. The number of ether oxygens (including phenoxy) is 1. The average molecular weight is 334 g/mol.